The second kappa shape index (κ2) is 3.48. The zero-order valence-corrected chi connectivity index (χ0v) is 9.61. The Morgan fingerprint density at radius 2 is 1.94 bits per heavy atom. The van der Waals surface area contributed by atoms with Crippen molar-refractivity contribution >= 4 is 33.6 Å². The summed E-state index contributed by atoms with van der Waals surface area (Å²) in [4.78, 5) is 22.1. The highest BCUT2D eigenvalue weighted by atomic mass is 79.9. The Balaban J connectivity index is 2.46. The molecule has 1 aliphatic rings. The van der Waals surface area contributed by atoms with Gasteiger partial charge in [0, 0.05) is 16.6 Å². The Labute approximate surface area is 99.2 Å². The van der Waals surface area contributed by atoms with E-state index >= 15 is 0 Å². The van der Waals surface area contributed by atoms with Gasteiger partial charge in [-0.1, -0.05) is 15.9 Å². The lowest BCUT2D eigenvalue weighted by atomic mass is 9.96. The van der Waals surface area contributed by atoms with Crippen molar-refractivity contribution in [3.8, 4) is 0 Å². The fourth-order valence-corrected chi connectivity index (χ4v) is 2.15. The van der Waals surface area contributed by atoms with Crippen LogP contribution in [0.15, 0.2) is 22.7 Å². The van der Waals surface area contributed by atoms with Gasteiger partial charge in [0.1, 0.15) is 0 Å². The van der Waals surface area contributed by atoms with Crippen molar-refractivity contribution in [2.75, 3.05) is 5.32 Å². The van der Waals surface area contributed by atoms with Gasteiger partial charge in [-0.05, 0) is 23.8 Å². The highest BCUT2D eigenvalue weighted by Crippen LogP contribution is 2.34. The van der Waals surface area contributed by atoms with E-state index in [-0.39, 0.29) is 6.42 Å². The number of carboxylic acid groups (broad SMARTS) is 2. The molecule has 2 rings (SSSR count). The summed E-state index contributed by atoms with van der Waals surface area (Å²) in [6.45, 7) is 0. The highest BCUT2D eigenvalue weighted by molar-refractivity contribution is 9.10. The Morgan fingerprint density at radius 3 is 2.50 bits per heavy atom. The van der Waals surface area contributed by atoms with Crippen LogP contribution < -0.4 is 5.32 Å². The van der Waals surface area contributed by atoms with E-state index in [0.29, 0.717) is 11.3 Å². The van der Waals surface area contributed by atoms with Gasteiger partial charge in [-0.25, -0.2) is 9.59 Å². The normalized spacial score (nSPS) is 16.3. The maximum absolute atomic E-state index is 11.1. The number of benzene rings is 1. The summed E-state index contributed by atoms with van der Waals surface area (Å²) in [6.07, 6.45) is -0.0631. The van der Waals surface area contributed by atoms with Gasteiger partial charge in [-0.2, -0.15) is 0 Å². The van der Waals surface area contributed by atoms with E-state index in [1.807, 2.05) is 0 Å². The topological polar surface area (TPSA) is 86.6 Å². The smallest absolute Gasteiger partial charge is 0.341 e. The molecule has 84 valence electrons. The van der Waals surface area contributed by atoms with Crippen LogP contribution in [0, 0.1) is 0 Å². The first-order chi connectivity index (χ1) is 7.45. The van der Waals surface area contributed by atoms with Crippen molar-refractivity contribution in [2.24, 2.45) is 0 Å². The standard InChI is InChI=1S/C10H8BrNO4/c11-6-1-2-7-5(3-6)4-10(12-7,8(13)14)9(15)16/h1-3,12H,4H2,(H,13,14)(H,15,16). The number of fused-ring (bicyclic) bond motifs is 1. The summed E-state index contributed by atoms with van der Waals surface area (Å²) in [5.41, 5.74) is -0.712. The maximum Gasteiger partial charge on any atom is 0.341 e. The molecular formula is C10H8BrNO4. The van der Waals surface area contributed by atoms with Crippen molar-refractivity contribution in [1.29, 1.82) is 0 Å². The number of anilines is 1. The van der Waals surface area contributed by atoms with Crippen LogP contribution in [0.2, 0.25) is 0 Å². The van der Waals surface area contributed by atoms with Crippen molar-refractivity contribution in [1.82, 2.24) is 0 Å². The van der Waals surface area contributed by atoms with E-state index < -0.39 is 17.5 Å². The lowest BCUT2D eigenvalue weighted by molar-refractivity contribution is -0.155. The van der Waals surface area contributed by atoms with E-state index in [1.54, 1.807) is 18.2 Å². The molecular weight excluding hydrogens is 278 g/mol. The van der Waals surface area contributed by atoms with Crippen molar-refractivity contribution in [3.05, 3.63) is 28.2 Å². The van der Waals surface area contributed by atoms with E-state index in [0.717, 1.165) is 4.47 Å². The van der Waals surface area contributed by atoms with E-state index in [2.05, 4.69) is 21.2 Å². The molecule has 0 saturated heterocycles. The van der Waals surface area contributed by atoms with Crippen molar-refractivity contribution in [2.45, 2.75) is 12.0 Å². The quantitative estimate of drug-likeness (QED) is 0.714. The highest BCUT2D eigenvalue weighted by Gasteiger charge is 2.51. The molecule has 0 fully saturated rings. The molecule has 1 aromatic carbocycles. The molecule has 0 bridgehead atoms. The number of hydrogen-bond acceptors (Lipinski definition) is 3. The van der Waals surface area contributed by atoms with Gasteiger partial charge in [0.05, 0.1) is 0 Å². The molecule has 0 radical (unpaired) electrons. The summed E-state index contributed by atoms with van der Waals surface area (Å²) < 4.78 is 0.791. The van der Waals surface area contributed by atoms with Crippen LogP contribution in [0.3, 0.4) is 0 Å². The monoisotopic (exact) mass is 285 g/mol. The Kier molecular flexibility index (Phi) is 2.38. The molecule has 16 heavy (non-hydrogen) atoms. The van der Waals surface area contributed by atoms with Gasteiger partial charge >= 0.3 is 11.9 Å². The van der Waals surface area contributed by atoms with E-state index in [1.165, 1.54) is 0 Å². The van der Waals surface area contributed by atoms with Gasteiger partial charge in [0.25, 0.3) is 0 Å². The fraction of sp³-hybridized carbons (Fsp3) is 0.200. The van der Waals surface area contributed by atoms with E-state index in [4.69, 9.17) is 10.2 Å². The lowest BCUT2D eigenvalue weighted by Gasteiger charge is -2.19. The molecule has 5 nitrogen and oxygen atoms in total. The van der Waals surface area contributed by atoms with Crippen LogP contribution >= 0.6 is 15.9 Å². The number of nitrogens with one attached hydrogen (secondary N) is 1. The molecule has 1 aromatic rings. The third-order valence-corrected chi connectivity index (χ3v) is 3.09. The van der Waals surface area contributed by atoms with Crippen LogP contribution in [-0.4, -0.2) is 27.7 Å². The first-order valence-corrected chi connectivity index (χ1v) is 5.28. The third-order valence-electron chi connectivity index (χ3n) is 2.60. The summed E-state index contributed by atoms with van der Waals surface area (Å²) in [6, 6.07) is 5.11. The number of hydrogen-bond donors (Lipinski definition) is 3. The lowest BCUT2D eigenvalue weighted by Crippen LogP contribution is -2.52. The maximum atomic E-state index is 11.1. The second-order valence-corrected chi connectivity index (χ2v) is 4.53. The van der Waals surface area contributed by atoms with Gasteiger partial charge in [0.2, 0.25) is 5.54 Å². The minimum atomic E-state index is -1.94. The minimum absolute atomic E-state index is 0.0631. The predicted octanol–water partition coefficient (Wildman–Crippen LogP) is 1.33. The van der Waals surface area contributed by atoms with Crippen LogP contribution in [0.1, 0.15) is 5.56 Å². The van der Waals surface area contributed by atoms with Gasteiger partial charge < -0.3 is 15.5 Å². The van der Waals surface area contributed by atoms with E-state index in [9.17, 15) is 9.59 Å². The molecule has 0 unspecified atom stereocenters. The number of carboxylic acids is 2. The molecule has 0 saturated carbocycles. The molecule has 0 atom stereocenters. The van der Waals surface area contributed by atoms with Gasteiger partial charge in [-0.15, -0.1) is 0 Å². The van der Waals surface area contributed by atoms with Crippen LogP contribution in [-0.2, 0) is 16.0 Å². The predicted molar refractivity (Wildman–Crippen MR) is 59.5 cm³/mol. The van der Waals surface area contributed by atoms with Crippen LogP contribution in [0.4, 0.5) is 5.69 Å². The third kappa shape index (κ3) is 1.46. The first kappa shape index (κ1) is 10.9. The minimum Gasteiger partial charge on any atom is -0.479 e. The van der Waals surface area contributed by atoms with Gasteiger partial charge in [0.15, 0.2) is 0 Å². The number of rotatable bonds is 2. The molecule has 0 spiro atoms. The van der Waals surface area contributed by atoms with Crippen LogP contribution in [0.5, 0.6) is 0 Å². The SMILES string of the molecule is O=C(O)C1(C(=O)O)Cc2cc(Br)ccc2N1. The molecule has 0 aromatic heterocycles. The Hall–Kier alpha value is -1.56. The average molecular weight is 286 g/mol. The largest absolute Gasteiger partial charge is 0.479 e. The Morgan fingerprint density at radius 1 is 1.31 bits per heavy atom. The summed E-state index contributed by atoms with van der Waals surface area (Å²) >= 11 is 3.25. The number of halogens is 1. The zero-order valence-electron chi connectivity index (χ0n) is 8.03. The Bertz CT molecular complexity index is 472. The summed E-state index contributed by atoms with van der Waals surface area (Å²) in [5, 5.41) is 20.6. The molecule has 0 aliphatic carbocycles. The number of aliphatic carboxylic acids is 2. The van der Waals surface area contributed by atoms with Crippen molar-refractivity contribution in [3.63, 3.8) is 0 Å². The summed E-state index contributed by atoms with van der Waals surface area (Å²) in [5.74, 6) is -2.76. The molecule has 1 aliphatic heterocycles. The number of carbonyl (C=O) groups is 2. The first-order valence-electron chi connectivity index (χ1n) is 4.49. The van der Waals surface area contributed by atoms with Crippen LogP contribution in [0.25, 0.3) is 0 Å². The second-order valence-electron chi connectivity index (χ2n) is 3.62. The molecule has 0 amide bonds. The van der Waals surface area contributed by atoms with Gasteiger partial charge in [-0.3, -0.25) is 0 Å². The zero-order chi connectivity index (χ0) is 11.9. The molecule has 6 heteroatoms. The fourth-order valence-electron chi connectivity index (χ4n) is 1.74. The molecule has 3 N–H and O–H groups in total. The summed E-state index contributed by atoms with van der Waals surface area (Å²) in [7, 11) is 0. The molecule has 1 heterocycles. The van der Waals surface area contributed by atoms with Crippen molar-refractivity contribution < 1.29 is 19.8 Å². The average Bonchev–Trinajstić information content (AvgIpc) is 2.57.